The maximum Gasteiger partial charge on any atom is 0.230 e. The number of nitrogens with one attached hydrogen (secondary N) is 4. The van der Waals surface area contributed by atoms with Gasteiger partial charge in [0.15, 0.2) is 22.4 Å². The third-order valence-corrected chi connectivity index (χ3v) is 4.24. The standard InChI is InChI=1S/C22H18F2N4O2S/c23-15-5-3-14(4-6-15)12-21(29)28-22(31)27-16-7-8-19(17(24)13-16)30-20-2-1-11-26-18(20)9-10-25/h1-11,13,25-26H,12H2,(H2,27,28,29,31)/b18-9-,25-10?. The molecule has 0 atom stereocenters. The van der Waals surface area contributed by atoms with Crippen molar-refractivity contribution in [2.75, 3.05) is 5.32 Å². The summed E-state index contributed by atoms with van der Waals surface area (Å²) in [6.45, 7) is 0. The van der Waals surface area contributed by atoms with Crippen LogP contribution in [0.2, 0.25) is 0 Å². The van der Waals surface area contributed by atoms with E-state index in [1.807, 2.05) is 0 Å². The highest BCUT2D eigenvalue weighted by Gasteiger charge is 2.13. The van der Waals surface area contributed by atoms with Crippen LogP contribution in [0.3, 0.4) is 0 Å². The maximum absolute atomic E-state index is 14.5. The summed E-state index contributed by atoms with van der Waals surface area (Å²) in [5.41, 5.74) is 1.47. The molecular formula is C22H18F2N4O2S. The molecule has 0 bridgehead atoms. The van der Waals surface area contributed by atoms with E-state index in [-0.39, 0.29) is 29.0 Å². The molecule has 31 heavy (non-hydrogen) atoms. The van der Waals surface area contributed by atoms with E-state index in [0.717, 1.165) is 6.21 Å². The van der Waals surface area contributed by atoms with Crippen LogP contribution in [0.4, 0.5) is 14.5 Å². The summed E-state index contributed by atoms with van der Waals surface area (Å²) >= 11 is 5.09. The van der Waals surface area contributed by atoms with Crippen molar-refractivity contribution >= 4 is 35.1 Å². The monoisotopic (exact) mass is 440 g/mol. The van der Waals surface area contributed by atoms with E-state index in [4.69, 9.17) is 22.4 Å². The molecule has 1 aliphatic rings. The second kappa shape index (κ2) is 10.3. The molecule has 0 fully saturated rings. The van der Waals surface area contributed by atoms with Crippen LogP contribution in [-0.2, 0) is 11.2 Å². The quantitative estimate of drug-likeness (QED) is 0.404. The van der Waals surface area contributed by atoms with E-state index in [9.17, 15) is 13.6 Å². The van der Waals surface area contributed by atoms with Crippen LogP contribution >= 0.6 is 12.2 Å². The van der Waals surface area contributed by atoms with Gasteiger partial charge in [-0.1, -0.05) is 12.1 Å². The number of carbonyl (C=O) groups is 1. The molecule has 1 heterocycles. The van der Waals surface area contributed by atoms with E-state index in [1.54, 1.807) is 24.4 Å². The lowest BCUT2D eigenvalue weighted by molar-refractivity contribution is -0.119. The zero-order valence-corrected chi connectivity index (χ0v) is 16.9. The van der Waals surface area contributed by atoms with Gasteiger partial charge in [-0.15, -0.1) is 0 Å². The number of hydrogen-bond acceptors (Lipinski definition) is 5. The van der Waals surface area contributed by atoms with Gasteiger partial charge in [-0.05, 0) is 60.3 Å². The van der Waals surface area contributed by atoms with E-state index < -0.39 is 5.82 Å². The predicted molar refractivity (Wildman–Crippen MR) is 119 cm³/mol. The van der Waals surface area contributed by atoms with Gasteiger partial charge < -0.3 is 26.1 Å². The Bertz CT molecular complexity index is 1100. The van der Waals surface area contributed by atoms with Crippen LogP contribution in [-0.4, -0.2) is 17.2 Å². The first kappa shape index (κ1) is 21.8. The van der Waals surface area contributed by atoms with Crippen molar-refractivity contribution in [1.82, 2.24) is 10.6 Å². The molecule has 2 aromatic carbocycles. The average Bonchev–Trinajstić information content (AvgIpc) is 2.73. The topological polar surface area (TPSA) is 86.2 Å². The Morgan fingerprint density at radius 1 is 1.19 bits per heavy atom. The van der Waals surface area contributed by atoms with Crippen molar-refractivity contribution in [2.45, 2.75) is 6.42 Å². The van der Waals surface area contributed by atoms with Gasteiger partial charge in [0.05, 0.1) is 12.1 Å². The van der Waals surface area contributed by atoms with Crippen LogP contribution in [0, 0.1) is 17.0 Å². The Kier molecular flexibility index (Phi) is 7.23. The summed E-state index contributed by atoms with van der Waals surface area (Å²) in [4.78, 5) is 12.1. The number of dihydropyridines is 1. The van der Waals surface area contributed by atoms with Crippen molar-refractivity contribution in [1.29, 1.82) is 5.41 Å². The number of thiocarbonyl (C=S) groups is 1. The highest BCUT2D eigenvalue weighted by atomic mass is 32.1. The number of ether oxygens (including phenoxy) is 1. The molecule has 0 aromatic heterocycles. The minimum absolute atomic E-state index is 0.000656. The van der Waals surface area contributed by atoms with Crippen molar-refractivity contribution in [3.63, 3.8) is 0 Å². The van der Waals surface area contributed by atoms with E-state index >= 15 is 0 Å². The molecule has 9 heteroatoms. The Hall–Kier alpha value is -3.85. The van der Waals surface area contributed by atoms with Gasteiger partial charge in [-0.3, -0.25) is 4.79 Å². The van der Waals surface area contributed by atoms with Gasteiger partial charge in [-0.2, -0.15) is 0 Å². The highest BCUT2D eigenvalue weighted by Crippen LogP contribution is 2.25. The van der Waals surface area contributed by atoms with Gasteiger partial charge >= 0.3 is 0 Å². The second-order valence-corrected chi connectivity index (χ2v) is 6.74. The molecule has 158 valence electrons. The first-order valence-electron chi connectivity index (χ1n) is 9.12. The van der Waals surface area contributed by atoms with Crippen LogP contribution in [0.5, 0.6) is 5.75 Å². The number of benzene rings is 2. The average molecular weight is 440 g/mol. The van der Waals surface area contributed by atoms with Crippen LogP contribution in [0.15, 0.2) is 78.3 Å². The summed E-state index contributed by atoms with van der Waals surface area (Å²) in [7, 11) is 0. The Morgan fingerprint density at radius 3 is 2.68 bits per heavy atom. The second-order valence-electron chi connectivity index (χ2n) is 6.33. The van der Waals surface area contributed by atoms with E-state index in [1.165, 1.54) is 42.5 Å². The van der Waals surface area contributed by atoms with Crippen molar-refractivity contribution in [2.24, 2.45) is 0 Å². The van der Waals surface area contributed by atoms with Crippen molar-refractivity contribution in [3.05, 3.63) is 95.5 Å². The molecule has 0 spiro atoms. The smallest absolute Gasteiger partial charge is 0.230 e. The fourth-order valence-electron chi connectivity index (χ4n) is 2.64. The van der Waals surface area contributed by atoms with Gasteiger partial charge in [-0.25, -0.2) is 8.78 Å². The summed E-state index contributed by atoms with van der Waals surface area (Å²) in [5.74, 6) is -1.08. The lowest BCUT2D eigenvalue weighted by Crippen LogP contribution is -2.35. The molecule has 0 saturated heterocycles. The van der Waals surface area contributed by atoms with Gasteiger partial charge in [0.1, 0.15) is 5.82 Å². The van der Waals surface area contributed by atoms with Crippen LogP contribution < -0.4 is 20.7 Å². The minimum atomic E-state index is -0.643. The number of hydrogen-bond donors (Lipinski definition) is 4. The zero-order chi connectivity index (χ0) is 22.2. The maximum atomic E-state index is 14.5. The van der Waals surface area contributed by atoms with Crippen molar-refractivity contribution < 1.29 is 18.3 Å². The Balaban J connectivity index is 1.58. The Morgan fingerprint density at radius 2 is 1.97 bits per heavy atom. The van der Waals surface area contributed by atoms with E-state index in [0.29, 0.717) is 22.7 Å². The molecule has 0 unspecified atom stereocenters. The molecule has 6 nitrogen and oxygen atoms in total. The molecule has 3 rings (SSSR count). The number of anilines is 1. The summed E-state index contributed by atoms with van der Waals surface area (Å²) < 4.78 is 33.0. The fourth-order valence-corrected chi connectivity index (χ4v) is 2.87. The fraction of sp³-hybridized carbons (Fsp3) is 0.0455. The third-order valence-electron chi connectivity index (χ3n) is 4.04. The Labute approximate surface area is 182 Å². The SMILES string of the molecule is N=C/C=C1\NC=CC=C1Oc1ccc(NC(=S)NC(=O)Cc2ccc(F)cc2)cc1F. The van der Waals surface area contributed by atoms with E-state index in [2.05, 4.69) is 16.0 Å². The number of halogens is 2. The van der Waals surface area contributed by atoms with Gasteiger partial charge in [0.2, 0.25) is 5.91 Å². The molecule has 4 N–H and O–H groups in total. The minimum Gasteiger partial charge on any atom is -0.452 e. The lowest BCUT2D eigenvalue weighted by Gasteiger charge is -2.16. The summed E-state index contributed by atoms with van der Waals surface area (Å²) in [6, 6.07) is 9.70. The van der Waals surface area contributed by atoms with Crippen LogP contribution in [0.1, 0.15) is 5.56 Å². The lowest BCUT2D eigenvalue weighted by atomic mass is 10.1. The first-order chi connectivity index (χ1) is 14.9. The van der Waals surface area contributed by atoms with Gasteiger partial charge in [0, 0.05) is 24.2 Å². The van der Waals surface area contributed by atoms with Gasteiger partial charge in [0.25, 0.3) is 0 Å². The largest absolute Gasteiger partial charge is 0.452 e. The molecular weight excluding hydrogens is 422 g/mol. The predicted octanol–water partition coefficient (Wildman–Crippen LogP) is 3.93. The molecule has 2 aromatic rings. The number of carbonyl (C=O) groups excluding carboxylic acids is 1. The zero-order valence-electron chi connectivity index (χ0n) is 16.1. The molecule has 0 radical (unpaired) electrons. The van der Waals surface area contributed by atoms with Crippen molar-refractivity contribution in [3.8, 4) is 5.75 Å². The first-order valence-corrected chi connectivity index (χ1v) is 9.52. The summed E-state index contributed by atoms with van der Waals surface area (Å²) in [5, 5.41) is 15.3. The molecule has 0 saturated carbocycles. The number of rotatable bonds is 6. The normalized spacial score (nSPS) is 13.7. The molecule has 0 aliphatic carbocycles. The van der Waals surface area contributed by atoms with Crippen LogP contribution in [0.25, 0.3) is 0 Å². The highest BCUT2D eigenvalue weighted by molar-refractivity contribution is 7.80. The molecule has 1 amide bonds. The summed E-state index contributed by atoms with van der Waals surface area (Å²) in [6.07, 6.45) is 7.59. The molecule has 1 aliphatic heterocycles. The number of allylic oxidation sites excluding steroid dienone is 3. The third kappa shape index (κ3) is 6.31. The number of amides is 1.